The van der Waals surface area contributed by atoms with E-state index in [2.05, 4.69) is 29.8 Å². The fraction of sp³-hybridized carbons (Fsp3) is 0.458. The van der Waals surface area contributed by atoms with E-state index < -0.39 is 15.3 Å². The molecule has 0 unspecified atom stereocenters. The van der Waals surface area contributed by atoms with Crippen LogP contribution in [0.25, 0.3) is 0 Å². The molecule has 0 spiro atoms. The van der Waals surface area contributed by atoms with Gasteiger partial charge in [-0.1, -0.05) is 51.1 Å². The minimum atomic E-state index is -3.77. The Hall–Kier alpha value is -1.57. The van der Waals surface area contributed by atoms with Gasteiger partial charge in [-0.25, -0.2) is 8.42 Å². The number of benzene rings is 2. The van der Waals surface area contributed by atoms with Gasteiger partial charge in [-0.3, -0.25) is 9.69 Å². The van der Waals surface area contributed by atoms with E-state index >= 15 is 0 Å². The maximum Gasteiger partial charge on any atom is 0.238 e. The largest absolute Gasteiger partial charge is 0.496 e. The first-order chi connectivity index (χ1) is 15.2. The molecule has 0 saturated heterocycles. The van der Waals surface area contributed by atoms with Crippen LogP contribution in [0.3, 0.4) is 0 Å². The summed E-state index contributed by atoms with van der Waals surface area (Å²) in [6.45, 7) is 4.10. The minimum Gasteiger partial charge on any atom is -0.496 e. The van der Waals surface area contributed by atoms with Crippen LogP contribution in [0.5, 0.6) is 5.75 Å². The Morgan fingerprint density at radius 2 is 1.69 bits per heavy atom. The number of carbonyl (C=O) groups excluding carboxylic acids is 1. The van der Waals surface area contributed by atoms with Crippen LogP contribution < -0.4 is 9.64 Å². The van der Waals surface area contributed by atoms with Crippen molar-refractivity contribution in [2.75, 3.05) is 17.8 Å². The van der Waals surface area contributed by atoms with Crippen LogP contribution in [0.15, 0.2) is 45.8 Å². The summed E-state index contributed by atoms with van der Waals surface area (Å²) < 4.78 is 33.4. The Bertz CT molecular complexity index is 1080. The van der Waals surface area contributed by atoms with Crippen LogP contribution >= 0.6 is 27.5 Å². The third kappa shape index (κ3) is 4.85. The van der Waals surface area contributed by atoms with Gasteiger partial charge in [0.15, 0.2) is 9.84 Å². The molecular weight excluding hydrogens is 514 g/mol. The molecule has 2 aromatic rings. The van der Waals surface area contributed by atoms with Crippen molar-refractivity contribution in [3.05, 3.63) is 45.9 Å². The number of nitrogens with zero attached hydrogens (tertiary/aromatic N) is 1. The lowest BCUT2D eigenvalue weighted by Gasteiger charge is -2.35. The van der Waals surface area contributed by atoms with Gasteiger partial charge in [0.1, 0.15) is 5.75 Å². The molecule has 0 saturated carbocycles. The second-order valence-electron chi connectivity index (χ2n) is 8.32. The van der Waals surface area contributed by atoms with Crippen molar-refractivity contribution in [2.45, 2.75) is 57.3 Å². The molecule has 0 N–H and O–H groups in total. The van der Waals surface area contributed by atoms with Gasteiger partial charge in [-0.05, 0) is 59.1 Å². The Balaban J connectivity index is 2.33. The third-order valence-corrected chi connectivity index (χ3v) is 8.84. The zero-order valence-electron chi connectivity index (χ0n) is 18.7. The van der Waals surface area contributed by atoms with Crippen LogP contribution in [-0.4, -0.2) is 27.2 Å². The van der Waals surface area contributed by atoms with E-state index in [0.717, 1.165) is 25.7 Å². The molecule has 0 atom stereocenters. The first-order valence-electron chi connectivity index (χ1n) is 10.9. The normalized spacial score (nSPS) is 17.0. The number of halogens is 2. The number of hydrogen-bond acceptors (Lipinski definition) is 4. The quantitative estimate of drug-likeness (QED) is 0.363. The summed E-state index contributed by atoms with van der Waals surface area (Å²) in [4.78, 5) is 15.9. The van der Waals surface area contributed by atoms with Gasteiger partial charge in [0.25, 0.3) is 0 Å². The summed E-state index contributed by atoms with van der Waals surface area (Å²) in [5.41, 5.74) is -0.0736. The van der Waals surface area contributed by atoms with Gasteiger partial charge in [0.05, 0.1) is 33.3 Å². The summed E-state index contributed by atoms with van der Waals surface area (Å²) in [7, 11) is -2.28. The Morgan fingerprint density at radius 1 is 1.09 bits per heavy atom. The number of hydrogen-bond donors (Lipinski definition) is 0. The van der Waals surface area contributed by atoms with Gasteiger partial charge in [-0.15, -0.1) is 0 Å². The van der Waals surface area contributed by atoms with Crippen molar-refractivity contribution in [1.82, 2.24) is 0 Å². The lowest BCUT2D eigenvalue weighted by Crippen LogP contribution is -2.44. The van der Waals surface area contributed by atoms with Crippen molar-refractivity contribution in [3.8, 4) is 5.75 Å². The van der Waals surface area contributed by atoms with Gasteiger partial charge < -0.3 is 4.74 Å². The van der Waals surface area contributed by atoms with Crippen LogP contribution in [0.4, 0.5) is 11.4 Å². The van der Waals surface area contributed by atoms with Gasteiger partial charge in [-0.2, -0.15) is 0 Å². The number of sulfone groups is 1. The number of fused-ring (bicyclic) bond motifs is 1. The summed E-state index contributed by atoms with van der Waals surface area (Å²) in [5, 5.41) is 0.544. The molecule has 5 nitrogen and oxygen atoms in total. The van der Waals surface area contributed by atoms with Crippen molar-refractivity contribution >= 4 is 54.7 Å². The molecule has 1 heterocycles. The van der Waals surface area contributed by atoms with Gasteiger partial charge >= 0.3 is 0 Å². The molecule has 1 amide bonds. The molecule has 0 radical (unpaired) electrons. The first kappa shape index (κ1) is 25.1. The van der Waals surface area contributed by atoms with Crippen LogP contribution in [0.1, 0.15) is 52.4 Å². The van der Waals surface area contributed by atoms with Crippen LogP contribution in [-0.2, 0) is 14.6 Å². The summed E-state index contributed by atoms with van der Waals surface area (Å²) >= 11 is 9.56. The van der Waals surface area contributed by atoms with E-state index in [1.54, 1.807) is 35.2 Å². The molecule has 0 bridgehead atoms. The standard InChI is InChI=1S/C24H29BrClNO4S/c1-4-6-12-24(13-7-5-2)16-32(29,30)22-15-21(31-3)19(25)14-20(22)27(23(24)28)18-10-8-17(26)9-11-18/h8-11,14-15H,4-7,12-13,16H2,1-3H3. The van der Waals surface area contributed by atoms with E-state index in [1.165, 1.54) is 13.2 Å². The number of carbonyl (C=O) groups is 1. The van der Waals surface area contributed by atoms with Crippen molar-refractivity contribution in [1.29, 1.82) is 0 Å². The lowest BCUT2D eigenvalue weighted by atomic mass is 9.78. The fourth-order valence-electron chi connectivity index (χ4n) is 4.31. The fourth-order valence-corrected chi connectivity index (χ4v) is 6.98. The molecule has 1 aliphatic heterocycles. The van der Waals surface area contributed by atoms with Crippen molar-refractivity contribution in [3.63, 3.8) is 0 Å². The topological polar surface area (TPSA) is 63.7 Å². The highest BCUT2D eigenvalue weighted by atomic mass is 79.9. The smallest absolute Gasteiger partial charge is 0.238 e. The number of anilines is 2. The average molecular weight is 543 g/mol. The maximum absolute atomic E-state index is 14.3. The predicted octanol–water partition coefficient (Wildman–Crippen LogP) is 6.93. The third-order valence-electron chi connectivity index (χ3n) is 6.04. The zero-order valence-corrected chi connectivity index (χ0v) is 21.8. The van der Waals surface area contributed by atoms with E-state index in [9.17, 15) is 13.2 Å². The highest BCUT2D eigenvalue weighted by Crippen LogP contribution is 2.48. The molecular formula is C24H29BrClNO4S. The summed E-state index contributed by atoms with van der Waals surface area (Å²) in [6, 6.07) is 10.1. The van der Waals surface area contributed by atoms with Crippen LogP contribution in [0.2, 0.25) is 5.02 Å². The SMILES string of the molecule is CCCCC1(CCCC)CS(=O)(=O)c2cc(OC)c(Br)cc2N(c2ccc(Cl)cc2)C1=O. The van der Waals surface area contributed by atoms with E-state index in [4.69, 9.17) is 16.3 Å². The second-order valence-corrected chi connectivity index (χ2v) is 11.6. The molecule has 32 heavy (non-hydrogen) atoms. The highest BCUT2D eigenvalue weighted by molar-refractivity contribution is 9.10. The molecule has 0 aliphatic carbocycles. The van der Waals surface area contributed by atoms with E-state index in [0.29, 0.717) is 39.5 Å². The number of rotatable bonds is 8. The number of unbranched alkanes of at least 4 members (excludes halogenated alkanes) is 2. The molecule has 2 aromatic carbocycles. The van der Waals surface area contributed by atoms with Gasteiger partial charge in [0.2, 0.25) is 5.91 Å². The first-order valence-corrected chi connectivity index (χ1v) is 13.7. The molecule has 3 rings (SSSR count). The maximum atomic E-state index is 14.3. The Kier molecular flexibility index (Phi) is 7.94. The molecule has 1 aliphatic rings. The van der Waals surface area contributed by atoms with Crippen molar-refractivity contribution in [2.24, 2.45) is 5.41 Å². The second kappa shape index (κ2) is 10.1. The van der Waals surface area contributed by atoms with E-state index in [1.807, 2.05) is 0 Å². The molecule has 0 aromatic heterocycles. The molecule has 0 fully saturated rings. The minimum absolute atomic E-state index is 0.107. The Morgan fingerprint density at radius 3 is 2.22 bits per heavy atom. The van der Waals surface area contributed by atoms with Crippen molar-refractivity contribution < 1.29 is 17.9 Å². The highest BCUT2D eigenvalue weighted by Gasteiger charge is 2.49. The Labute approximate surface area is 204 Å². The van der Waals surface area contributed by atoms with Crippen LogP contribution in [0, 0.1) is 5.41 Å². The molecule has 174 valence electrons. The summed E-state index contributed by atoms with van der Waals surface area (Å²) in [6.07, 6.45) is 4.38. The number of amides is 1. The monoisotopic (exact) mass is 541 g/mol. The summed E-state index contributed by atoms with van der Waals surface area (Å²) in [5.74, 6) is 0.0207. The number of ether oxygens (including phenoxy) is 1. The van der Waals surface area contributed by atoms with E-state index in [-0.39, 0.29) is 16.6 Å². The average Bonchev–Trinajstić information content (AvgIpc) is 2.82. The predicted molar refractivity (Wildman–Crippen MR) is 133 cm³/mol. The zero-order chi connectivity index (χ0) is 23.5. The number of methoxy groups -OCH3 is 1. The van der Waals surface area contributed by atoms with Gasteiger partial charge in [0, 0.05) is 16.8 Å². The lowest BCUT2D eigenvalue weighted by molar-refractivity contribution is -0.127. The molecule has 8 heteroatoms.